The van der Waals surface area contributed by atoms with Crippen LogP contribution in [-0.2, 0) is 0 Å². The minimum Gasteiger partial charge on any atom is -0.508 e. The third-order valence-electron chi connectivity index (χ3n) is 10.6. The van der Waals surface area contributed by atoms with E-state index >= 15 is 4.39 Å². The van der Waals surface area contributed by atoms with E-state index in [1.165, 1.54) is 50.9 Å². The van der Waals surface area contributed by atoms with Crippen LogP contribution < -0.4 is 19.7 Å². The summed E-state index contributed by atoms with van der Waals surface area (Å²) in [5.41, 5.74) is -0.0752. The summed E-state index contributed by atoms with van der Waals surface area (Å²) in [7, 11) is 1.46. The molecule has 0 amide bonds. The summed E-state index contributed by atoms with van der Waals surface area (Å²) >= 11 is 0. The number of terminal acetylenes is 1. The van der Waals surface area contributed by atoms with E-state index in [0.717, 1.165) is 50.6 Å². The lowest BCUT2D eigenvalue weighted by molar-refractivity contribution is 0.163. The normalized spacial score (nSPS) is 22.9. The van der Waals surface area contributed by atoms with E-state index in [0.29, 0.717) is 36.3 Å². The maximum absolute atomic E-state index is 17.1. The summed E-state index contributed by atoms with van der Waals surface area (Å²) in [5.74, 6) is 3.17. The number of benzene rings is 2. The first kappa shape index (κ1) is 31.0. The Hall–Kier alpha value is -4.27. The lowest BCUT2D eigenvalue weighted by Crippen LogP contribution is -2.51. The van der Waals surface area contributed by atoms with Gasteiger partial charge in [0.25, 0.3) is 0 Å². The van der Waals surface area contributed by atoms with Crippen molar-refractivity contribution in [1.82, 2.24) is 25.2 Å². The molecule has 4 aliphatic rings. The molecule has 9 nitrogen and oxygen atoms in total. The Kier molecular flexibility index (Phi) is 7.76. The lowest BCUT2D eigenvalue weighted by Gasteiger charge is -2.35. The molecule has 0 bridgehead atoms. The van der Waals surface area contributed by atoms with E-state index in [1.807, 2.05) is 0 Å². The summed E-state index contributed by atoms with van der Waals surface area (Å²) < 4.78 is 44.2. The average molecular weight is 655 g/mol. The molecule has 4 fully saturated rings. The Balaban J connectivity index is 1.25. The second-order valence-electron chi connectivity index (χ2n) is 14.1. The van der Waals surface area contributed by atoms with Crippen LogP contribution >= 0.6 is 0 Å². The Morgan fingerprint density at radius 2 is 1.92 bits per heavy atom. The molecule has 250 valence electrons. The van der Waals surface area contributed by atoms with Gasteiger partial charge in [0, 0.05) is 61.7 Å². The number of anilines is 1. The van der Waals surface area contributed by atoms with E-state index in [9.17, 15) is 9.50 Å². The van der Waals surface area contributed by atoms with Crippen molar-refractivity contribution in [2.45, 2.75) is 45.1 Å². The Morgan fingerprint density at radius 1 is 1.10 bits per heavy atom. The highest BCUT2D eigenvalue weighted by Gasteiger charge is 2.50. The van der Waals surface area contributed by atoms with Crippen LogP contribution in [0.1, 0.15) is 44.6 Å². The van der Waals surface area contributed by atoms with E-state index in [-0.39, 0.29) is 56.8 Å². The van der Waals surface area contributed by atoms with Crippen molar-refractivity contribution < 1.29 is 23.4 Å². The highest BCUT2D eigenvalue weighted by atomic mass is 19.1. The number of rotatable bonds is 10. The second kappa shape index (κ2) is 12.0. The maximum atomic E-state index is 17.1. The average Bonchev–Trinajstić information content (AvgIpc) is 4.00. The first-order valence-electron chi connectivity index (χ1n) is 17.0. The van der Waals surface area contributed by atoms with Crippen LogP contribution in [-0.4, -0.2) is 84.0 Å². The molecule has 48 heavy (non-hydrogen) atoms. The Bertz CT molecular complexity index is 1950. The fourth-order valence-electron chi connectivity index (χ4n) is 7.88. The number of aromatic nitrogens is 3. The number of ether oxygens (including phenoxy) is 2. The second-order valence-corrected chi connectivity index (χ2v) is 14.1. The molecule has 2 N–H and O–H groups in total. The van der Waals surface area contributed by atoms with Gasteiger partial charge in [-0.1, -0.05) is 25.3 Å². The van der Waals surface area contributed by atoms with Crippen molar-refractivity contribution in [3.05, 3.63) is 41.5 Å². The van der Waals surface area contributed by atoms with Crippen LogP contribution in [0.5, 0.6) is 17.6 Å². The Morgan fingerprint density at radius 3 is 2.65 bits per heavy atom. The number of piperazine rings is 1. The first-order chi connectivity index (χ1) is 23.3. The summed E-state index contributed by atoms with van der Waals surface area (Å²) in [6, 6.07) is 5.84. The zero-order chi connectivity index (χ0) is 33.2. The fraction of sp³-hybridized carbons (Fsp3) is 0.486. The van der Waals surface area contributed by atoms with E-state index in [1.54, 1.807) is 0 Å². The third-order valence-corrected chi connectivity index (χ3v) is 10.6. The molecule has 0 radical (unpaired) electrons. The summed E-state index contributed by atoms with van der Waals surface area (Å²) in [6.45, 7) is 7.96. The van der Waals surface area contributed by atoms with Crippen molar-refractivity contribution >= 4 is 27.5 Å². The van der Waals surface area contributed by atoms with Crippen molar-refractivity contribution in [3.63, 3.8) is 0 Å². The molecule has 4 aromatic rings. The van der Waals surface area contributed by atoms with Crippen LogP contribution in [0.25, 0.3) is 32.9 Å². The predicted molar refractivity (Wildman–Crippen MR) is 180 cm³/mol. The molecule has 2 saturated heterocycles. The van der Waals surface area contributed by atoms with Gasteiger partial charge in [0.05, 0.1) is 19.3 Å². The summed E-state index contributed by atoms with van der Waals surface area (Å²) in [6.07, 6.45) is 11.2. The van der Waals surface area contributed by atoms with Crippen molar-refractivity contribution in [3.8, 4) is 41.2 Å². The highest BCUT2D eigenvalue weighted by molar-refractivity contribution is 6.04. The fourth-order valence-corrected chi connectivity index (χ4v) is 7.88. The first-order valence-corrected chi connectivity index (χ1v) is 17.0. The Labute approximate surface area is 278 Å². The topological polar surface area (TPSA) is 95.9 Å². The number of nitrogens with one attached hydrogen (secondary N) is 1. The molecule has 3 unspecified atom stereocenters. The quantitative estimate of drug-likeness (QED) is 0.215. The van der Waals surface area contributed by atoms with E-state index in [2.05, 4.69) is 37.9 Å². The van der Waals surface area contributed by atoms with Gasteiger partial charge in [-0.05, 0) is 61.1 Å². The van der Waals surface area contributed by atoms with Crippen molar-refractivity contribution in [2.24, 2.45) is 17.3 Å². The lowest BCUT2D eigenvalue weighted by atomic mass is 9.95. The number of hydrogen-bond donors (Lipinski definition) is 2. The van der Waals surface area contributed by atoms with Crippen LogP contribution in [0, 0.1) is 41.2 Å². The largest absolute Gasteiger partial charge is 0.508 e. The highest BCUT2D eigenvalue weighted by Crippen LogP contribution is 2.51. The number of hydrogen-bond acceptors (Lipinski definition) is 9. The molecule has 2 aromatic heterocycles. The van der Waals surface area contributed by atoms with Crippen LogP contribution in [0.3, 0.4) is 0 Å². The maximum Gasteiger partial charge on any atom is 0.319 e. The SMILES string of the molecule is C#Cc1c(F)ccc2cc(O)cc(-c3nc(OC)c4c(N5CCNC(CCC)C5)nc(OCC5(CN6CC7CC7C6)CC5)nc4c3F)c12. The van der Waals surface area contributed by atoms with Gasteiger partial charge in [-0.3, -0.25) is 0 Å². The number of piperidine rings is 1. The number of aromatic hydroxyl groups is 1. The van der Waals surface area contributed by atoms with E-state index < -0.39 is 11.6 Å². The number of fused-ring (bicyclic) bond motifs is 3. The molecule has 2 aliphatic heterocycles. The van der Waals surface area contributed by atoms with Gasteiger partial charge in [-0.15, -0.1) is 6.42 Å². The van der Waals surface area contributed by atoms with E-state index in [4.69, 9.17) is 20.9 Å². The number of phenols is 1. The molecule has 2 saturated carbocycles. The molecule has 2 aromatic carbocycles. The number of likely N-dealkylation sites (tertiary alicyclic amines) is 1. The zero-order valence-corrected chi connectivity index (χ0v) is 27.4. The van der Waals surface area contributed by atoms with Crippen LogP contribution in [0.4, 0.5) is 14.6 Å². The number of phenolic OH excluding ortho intramolecular Hbond substituents is 1. The smallest absolute Gasteiger partial charge is 0.319 e. The minimum atomic E-state index is -0.767. The number of halogens is 2. The molecule has 4 heterocycles. The molecule has 2 aliphatic carbocycles. The standard InChI is InChI=1S/C37H40F2N6O3/c1-4-6-24-18-45(12-11-40-24)34-30-33(42-36(43-34)48-20-37(9-10-37)19-44-16-22-13-23(22)17-44)31(39)32(41-35(30)47-3)27-15-25(46)14-21-7-8-28(38)26(5-2)29(21)27/h2,7-8,14-15,22-24,40,46H,4,6,9-13,16-20H2,1,3H3. The monoisotopic (exact) mass is 654 g/mol. The zero-order valence-electron chi connectivity index (χ0n) is 27.4. The molecular formula is C37H40F2N6O3. The molecule has 0 spiro atoms. The van der Waals surface area contributed by atoms with Gasteiger partial charge >= 0.3 is 6.01 Å². The van der Waals surface area contributed by atoms with Gasteiger partial charge in [0.2, 0.25) is 5.88 Å². The summed E-state index contributed by atoms with van der Waals surface area (Å²) in [5, 5.41) is 15.2. The van der Waals surface area contributed by atoms with Gasteiger partial charge in [0.15, 0.2) is 5.82 Å². The van der Waals surface area contributed by atoms with Crippen LogP contribution in [0.15, 0.2) is 24.3 Å². The summed E-state index contributed by atoms with van der Waals surface area (Å²) in [4.78, 5) is 18.9. The van der Waals surface area contributed by atoms with Gasteiger partial charge < -0.3 is 29.7 Å². The van der Waals surface area contributed by atoms with Crippen molar-refractivity contribution in [1.29, 1.82) is 0 Å². The van der Waals surface area contributed by atoms with Gasteiger partial charge in [0.1, 0.15) is 34.0 Å². The molecule has 3 atom stereocenters. The van der Waals surface area contributed by atoms with Gasteiger partial charge in [-0.2, -0.15) is 9.97 Å². The molecular weight excluding hydrogens is 614 g/mol. The molecule has 8 rings (SSSR count). The third kappa shape index (κ3) is 5.55. The predicted octanol–water partition coefficient (Wildman–Crippen LogP) is 5.51. The number of nitrogens with zero attached hydrogens (tertiary/aromatic N) is 5. The minimum absolute atomic E-state index is 0.0259. The number of methoxy groups -OCH3 is 1. The van der Waals surface area contributed by atoms with Crippen molar-refractivity contribution in [2.75, 3.05) is 57.9 Å². The van der Waals surface area contributed by atoms with Gasteiger partial charge in [-0.25, -0.2) is 13.8 Å². The number of pyridine rings is 1. The van der Waals surface area contributed by atoms with Crippen LogP contribution in [0.2, 0.25) is 0 Å². The molecule has 11 heteroatoms.